The van der Waals surface area contributed by atoms with Crippen molar-refractivity contribution >= 4 is 23.6 Å². The summed E-state index contributed by atoms with van der Waals surface area (Å²) in [5, 5.41) is 15.7. The molecule has 0 aliphatic carbocycles. The van der Waals surface area contributed by atoms with Crippen LogP contribution in [0.5, 0.6) is 0 Å². The van der Waals surface area contributed by atoms with Crippen LogP contribution in [0.15, 0.2) is 24.3 Å². The number of carboxylic acid groups (broad SMARTS) is 1. The predicted molar refractivity (Wildman–Crippen MR) is 220 cm³/mol. The van der Waals surface area contributed by atoms with Gasteiger partial charge in [0.05, 0.1) is 19.7 Å². The number of nitrogens with zero attached hydrogens (tertiary/aromatic N) is 6. The summed E-state index contributed by atoms with van der Waals surface area (Å²) in [6.07, 6.45) is 14.2. The molecule has 0 amide bonds. The molecule has 0 radical (unpaired) electrons. The number of anilines is 2. The van der Waals surface area contributed by atoms with Gasteiger partial charge >= 0.3 is 30.8 Å². The number of fused-ring (bicyclic) bond motifs is 2. The molecule has 6 heterocycles. The van der Waals surface area contributed by atoms with Crippen LogP contribution in [0, 0.1) is 0 Å². The molecule has 312 valence electrons. The van der Waals surface area contributed by atoms with E-state index in [0.29, 0.717) is 13.2 Å². The van der Waals surface area contributed by atoms with Gasteiger partial charge in [0.15, 0.2) is 0 Å². The van der Waals surface area contributed by atoms with Crippen molar-refractivity contribution in [3.63, 3.8) is 0 Å². The first kappa shape index (κ1) is 51.2. The van der Waals surface area contributed by atoms with Crippen molar-refractivity contribution in [1.82, 2.24) is 29.6 Å². The van der Waals surface area contributed by atoms with Crippen molar-refractivity contribution in [3.05, 3.63) is 46.8 Å². The Morgan fingerprint density at radius 1 is 0.679 bits per heavy atom. The zero-order chi connectivity index (χ0) is 36.4. The van der Waals surface area contributed by atoms with Crippen molar-refractivity contribution in [3.8, 4) is 0 Å². The first-order chi connectivity index (χ1) is 25.4. The molecule has 2 aromatic heterocycles. The molecule has 0 aromatic carbocycles. The summed E-state index contributed by atoms with van der Waals surface area (Å²) in [5.74, 6) is 1.39. The molecule has 4 aliphatic heterocycles. The van der Waals surface area contributed by atoms with Crippen LogP contribution in [0.3, 0.4) is 0 Å². The van der Waals surface area contributed by atoms with Gasteiger partial charge in [0, 0.05) is 76.8 Å². The number of aryl methyl sites for hydroxylation is 4. The van der Waals surface area contributed by atoms with Gasteiger partial charge in [-0.2, -0.15) is 0 Å². The average Bonchev–Trinajstić information content (AvgIpc) is 3.16. The van der Waals surface area contributed by atoms with Crippen LogP contribution >= 0.6 is 0 Å². The summed E-state index contributed by atoms with van der Waals surface area (Å²) in [6.45, 7) is 15.1. The molecule has 0 bridgehead atoms. The monoisotopic (exact) mass is 779 g/mol. The molecule has 6 rings (SSSR count). The average molecular weight is 779 g/mol. The van der Waals surface area contributed by atoms with Gasteiger partial charge in [-0.3, -0.25) is 19.4 Å². The number of carboxylic acids is 1. The summed E-state index contributed by atoms with van der Waals surface area (Å²) >= 11 is 0. The first-order valence-electron chi connectivity index (χ1n) is 20.2. The zero-order valence-corrected chi connectivity index (χ0v) is 33.7. The molecule has 4 aliphatic rings. The minimum Gasteiger partial charge on any atom is -0.870 e. The van der Waals surface area contributed by atoms with Crippen LogP contribution < -0.4 is 29.5 Å². The second-order valence-electron chi connectivity index (χ2n) is 14.7. The van der Waals surface area contributed by atoms with Crippen LogP contribution in [0.2, 0.25) is 0 Å². The van der Waals surface area contributed by atoms with Crippen molar-refractivity contribution in [2.24, 2.45) is 0 Å². The van der Waals surface area contributed by atoms with Crippen LogP contribution in [-0.4, -0.2) is 156 Å². The number of esters is 1. The number of pyridine rings is 2. The number of carbonyl (C=O) groups is 2. The minimum absolute atomic E-state index is 0. The van der Waals surface area contributed by atoms with E-state index in [1.54, 1.807) is 0 Å². The van der Waals surface area contributed by atoms with E-state index in [2.05, 4.69) is 49.6 Å². The maximum atomic E-state index is 11.5. The number of hydrogen-bond donors (Lipinski definition) is 3. The van der Waals surface area contributed by atoms with E-state index in [4.69, 9.17) is 19.8 Å². The summed E-state index contributed by atoms with van der Waals surface area (Å²) in [5.41, 5.74) is 5.15. The van der Waals surface area contributed by atoms with E-state index in [-0.39, 0.29) is 49.8 Å². The summed E-state index contributed by atoms with van der Waals surface area (Å²) in [6, 6.07) is 8.88. The number of ether oxygens (including phenoxy) is 1. The van der Waals surface area contributed by atoms with E-state index in [1.165, 1.54) is 73.9 Å². The molecule has 15 heteroatoms. The van der Waals surface area contributed by atoms with E-state index in [0.717, 1.165) is 116 Å². The van der Waals surface area contributed by atoms with Gasteiger partial charge in [0.1, 0.15) is 11.6 Å². The second kappa shape index (κ2) is 28.6. The minimum atomic E-state index is -0.723. The Hall–Kier alpha value is -2.80. The smallest absolute Gasteiger partial charge is 0.870 e. The zero-order valence-electron chi connectivity index (χ0n) is 33.7. The number of aliphatic carboxylic acids is 1. The number of rotatable bonds is 17. The van der Waals surface area contributed by atoms with Gasteiger partial charge in [-0.1, -0.05) is 32.4 Å². The van der Waals surface area contributed by atoms with Gasteiger partial charge in [-0.05, 0) is 107 Å². The SMILES string of the molecule is C.CCOC(=O)CN1CCN(CCCCCc2ccc3c(n2)NCCC3)CC1.O.O=C(O)CN1CCN(CCCCCc2ccc3c(n2)NCCC3)CC1.[Li+].[OH-]. The van der Waals surface area contributed by atoms with Gasteiger partial charge < -0.3 is 41.2 Å². The number of piperazine rings is 2. The molecule has 2 fully saturated rings. The van der Waals surface area contributed by atoms with Crippen molar-refractivity contribution in [2.45, 2.75) is 91.4 Å². The third-order valence-corrected chi connectivity index (χ3v) is 10.7. The standard InChI is InChI=1S/C21H34N4O2.C19H30N4O2.CH4.Li.2H2O/c1-2-27-20(26)17-25-15-13-24(14-16-25)12-5-3-4-8-19-10-9-18-7-6-11-22-21(18)23-19;24-18(25)15-23-13-11-22(12-14-23)10-3-1-2-6-17-8-7-16-5-4-9-20-19(16)21-17;;;;/h9-10H,2-8,11-17H2,1H3,(H,22,23);7-8H,1-6,9-15H2,(H,20,21)(H,24,25);1H4;;2*1H2/q;;;+1;;/p-1. The Bertz CT molecular complexity index is 1390. The van der Waals surface area contributed by atoms with Crippen molar-refractivity contribution in [1.29, 1.82) is 0 Å². The molecular formula is C41H71LiN8O6. The normalized spacial score (nSPS) is 16.9. The molecule has 0 atom stereocenters. The molecule has 0 unspecified atom stereocenters. The molecule has 6 N–H and O–H groups in total. The molecule has 2 saturated heterocycles. The Labute approximate surface area is 348 Å². The number of nitrogens with one attached hydrogen (secondary N) is 2. The summed E-state index contributed by atoms with van der Waals surface area (Å²) in [4.78, 5) is 41.0. The van der Waals surface area contributed by atoms with E-state index in [1.807, 2.05) is 11.8 Å². The van der Waals surface area contributed by atoms with Crippen LogP contribution in [0.25, 0.3) is 0 Å². The molecular weight excluding hydrogens is 707 g/mol. The molecule has 2 aromatic rings. The quantitative estimate of drug-likeness (QED) is 0.117. The third-order valence-electron chi connectivity index (χ3n) is 10.7. The molecule has 56 heavy (non-hydrogen) atoms. The molecule has 14 nitrogen and oxygen atoms in total. The Morgan fingerprint density at radius 3 is 1.54 bits per heavy atom. The third kappa shape index (κ3) is 18.2. The second-order valence-corrected chi connectivity index (χ2v) is 14.7. The largest absolute Gasteiger partial charge is 1.00 e. The van der Waals surface area contributed by atoms with E-state index in [9.17, 15) is 9.59 Å². The Morgan fingerprint density at radius 2 is 1.11 bits per heavy atom. The van der Waals surface area contributed by atoms with Gasteiger partial charge in [-0.15, -0.1) is 0 Å². The topological polar surface area (TPSA) is 188 Å². The fraction of sp³-hybridized carbons (Fsp3) is 0.707. The predicted octanol–water partition coefficient (Wildman–Crippen LogP) is 0.827. The fourth-order valence-electron chi connectivity index (χ4n) is 7.58. The van der Waals surface area contributed by atoms with Crippen LogP contribution in [0.4, 0.5) is 11.6 Å². The Kier molecular flexibility index (Phi) is 26.1. The number of carbonyl (C=O) groups excluding carboxylic acids is 1. The van der Waals surface area contributed by atoms with Crippen LogP contribution in [0.1, 0.15) is 88.2 Å². The molecule has 0 saturated carbocycles. The number of aromatic nitrogens is 2. The number of hydrogen-bond acceptors (Lipinski definition) is 12. The van der Waals surface area contributed by atoms with Crippen molar-refractivity contribution in [2.75, 3.05) is 109 Å². The fourth-order valence-corrected chi connectivity index (χ4v) is 7.58. The first-order valence-corrected chi connectivity index (χ1v) is 20.2. The Balaban J connectivity index is 0.000000524. The van der Waals surface area contributed by atoms with E-state index >= 15 is 0 Å². The number of unbranched alkanes of at least 4 members (excludes halogenated alkanes) is 4. The maximum Gasteiger partial charge on any atom is 1.00 e. The summed E-state index contributed by atoms with van der Waals surface area (Å²) < 4.78 is 5.03. The van der Waals surface area contributed by atoms with Crippen molar-refractivity contribution < 1.29 is 49.2 Å². The maximum absolute atomic E-state index is 11.5. The van der Waals surface area contributed by atoms with Gasteiger partial charge in [-0.25, -0.2) is 9.97 Å². The van der Waals surface area contributed by atoms with Gasteiger partial charge in [0.25, 0.3) is 0 Å². The van der Waals surface area contributed by atoms with Gasteiger partial charge in [0.2, 0.25) is 0 Å². The van der Waals surface area contributed by atoms with E-state index < -0.39 is 5.97 Å². The summed E-state index contributed by atoms with van der Waals surface area (Å²) in [7, 11) is 0. The van der Waals surface area contributed by atoms with Crippen LogP contribution in [-0.2, 0) is 40.0 Å². The molecule has 0 spiro atoms.